The zero-order chi connectivity index (χ0) is 19.8. The van der Waals surface area contributed by atoms with Crippen molar-refractivity contribution in [2.75, 3.05) is 7.11 Å². The summed E-state index contributed by atoms with van der Waals surface area (Å²) in [5.41, 5.74) is 1.92. The van der Waals surface area contributed by atoms with Gasteiger partial charge in [-0.05, 0) is 48.8 Å². The smallest absolute Gasteiger partial charge is 0.374 e. The van der Waals surface area contributed by atoms with Crippen LogP contribution in [0, 0.1) is 11.8 Å². The Balaban J connectivity index is 1.54. The summed E-state index contributed by atoms with van der Waals surface area (Å²) in [6.07, 6.45) is 12.1. The number of methoxy groups -OCH3 is 1. The van der Waals surface area contributed by atoms with Gasteiger partial charge in [-0.2, -0.15) is 0 Å². The zero-order valence-electron chi connectivity index (χ0n) is 17.1. The molecule has 3 rings (SSSR count). The second kappa shape index (κ2) is 10.4. The Kier molecular flexibility index (Phi) is 7.58. The van der Waals surface area contributed by atoms with Crippen molar-refractivity contribution in [3.63, 3.8) is 0 Å². The topological polar surface area (TPSA) is 48.7 Å². The molecule has 0 N–H and O–H groups in total. The summed E-state index contributed by atoms with van der Waals surface area (Å²) >= 11 is 0. The predicted octanol–water partition coefficient (Wildman–Crippen LogP) is 6.18. The number of esters is 1. The molecule has 0 saturated heterocycles. The van der Waals surface area contributed by atoms with Crippen LogP contribution < -0.4 is 4.74 Å². The molecule has 4 heteroatoms. The van der Waals surface area contributed by atoms with Crippen molar-refractivity contribution in [1.82, 2.24) is 0 Å². The van der Waals surface area contributed by atoms with Gasteiger partial charge in [0.15, 0.2) is 0 Å². The van der Waals surface area contributed by atoms with Gasteiger partial charge in [-0.15, -0.1) is 0 Å². The Morgan fingerprint density at radius 3 is 2.71 bits per heavy atom. The predicted molar refractivity (Wildman–Crippen MR) is 109 cm³/mol. The van der Waals surface area contributed by atoms with Gasteiger partial charge in [0.2, 0.25) is 5.76 Å². The summed E-state index contributed by atoms with van der Waals surface area (Å²) in [5.74, 6) is 2.27. The lowest BCUT2D eigenvalue weighted by molar-refractivity contribution is 0.0561. The van der Waals surface area contributed by atoms with Crippen molar-refractivity contribution in [3.8, 4) is 5.75 Å². The van der Waals surface area contributed by atoms with Gasteiger partial charge in [0, 0.05) is 5.56 Å². The highest BCUT2D eigenvalue weighted by atomic mass is 16.5. The summed E-state index contributed by atoms with van der Waals surface area (Å²) < 4.78 is 16.0. The first-order chi connectivity index (χ1) is 13.7. The number of benzene rings is 1. The van der Waals surface area contributed by atoms with E-state index >= 15 is 0 Å². The summed E-state index contributed by atoms with van der Waals surface area (Å²) in [6.45, 7) is 2.67. The van der Waals surface area contributed by atoms with Crippen LogP contribution in [0.5, 0.6) is 5.75 Å². The zero-order valence-corrected chi connectivity index (χ0v) is 17.1. The molecule has 1 atom stereocenters. The Morgan fingerprint density at radius 1 is 1.14 bits per heavy atom. The van der Waals surface area contributed by atoms with E-state index in [0.717, 1.165) is 24.0 Å². The standard InChI is InChI=1S/C24H32O4/c1-18(16-19-8-4-3-5-9-19)12-13-20-10-6-7-11-22(20)28-17-21-14-15-27-23(21)24(25)26-2/h6-7,10-11,14-15,18-19H,3-5,8-9,12-13,16-17H2,1-2H3. The Morgan fingerprint density at radius 2 is 1.93 bits per heavy atom. The molecule has 152 valence electrons. The van der Waals surface area contributed by atoms with Gasteiger partial charge < -0.3 is 13.9 Å². The van der Waals surface area contributed by atoms with Crippen LogP contribution in [0.4, 0.5) is 0 Å². The van der Waals surface area contributed by atoms with E-state index in [4.69, 9.17) is 13.9 Å². The number of ether oxygens (including phenoxy) is 2. The highest BCUT2D eigenvalue weighted by molar-refractivity contribution is 5.87. The van der Waals surface area contributed by atoms with Crippen molar-refractivity contribution >= 4 is 5.97 Å². The van der Waals surface area contributed by atoms with E-state index in [1.165, 1.54) is 63.9 Å². The number of hydrogen-bond acceptors (Lipinski definition) is 4. The minimum atomic E-state index is -0.478. The monoisotopic (exact) mass is 384 g/mol. The van der Waals surface area contributed by atoms with Gasteiger partial charge in [0.05, 0.1) is 13.4 Å². The molecule has 1 fully saturated rings. The number of hydrogen-bond donors (Lipinski definition) is 0. The molecule has 0 amide bonds. The molecule has 1 saturated carbocycles. The third kappa shape index (κ3) is 5.63. The van der Waals surface area contributed by atoms with Crippen LogP contribution in [0.2, 0.25) is 0 Å². The maximum absolute atomic E-state index is 11.7. The Bertz CT molecular complexity index is 743. The number of carbonyl (C=O) groups excluding carboxylic acids is 1. The highest BCUT2D eigenvalue weighted by Gasteiger charge is 2.18. The average molecular weight is 385 g/mol. The van der Waals surface area contributed by atoms with Gasteiger partial charge in [0.1, 0.15) is 12.4 Å². The number of carbonyl (C=O) groups is 1. The number of aryl methyl sites for hydroxylation is 1. The lowest BCUT2D eigenvalue weighted by Gasteiger charge is -2.24. The first-order valence-corrected chi connectivity index (χ1v) is 10.5. The van der Waals surface area contributed by atoms with Gasteiger partial charge in [-0.3, -0.25) is 0 Å². The highest BCUT2D eigenvalue weighted by Crippen LogP contribution is 2.31. The number of furan rings is 1. The Labute approximate surface area is 168 Å². The fourth-order valence-electron chi connectivity index (χ4n) is 4.24. The fraction of sp³-hybridized carbons (Fsp3) is 0.542. The lowest BCUT2D eigenvalue weighted by Crippen LogP contribution is -2.11. The normalized spacial score (nSPS) is 15.9. The molecule has 0 bridgehead atoms. The van der Waals surface area contributed by atoms with E-state index < -0.39 is 5.97 Å². The molecule has 4 nitrogen and oxygen atoms in total. The third-order valence-corrected chi connectivity index (χ3v) is 5.84. The van der Waals surface area contributed by atoms with Gasteiger partial charge >= 0.3 is 5.97 Å². The number of para-hydroxylation sites is 1. The van der Waals surface area contributed by atoms with Crippen LogP contribution >= 0.6 is 0 Å². The second-order valence-electron chi connectivity index (χ2n) is 8.05. The quantitative estimate of drug-likeness (QED) is 0.484. The molecule has 1 aliphatic rings. The summed E-state index contributed by atoms with van der Waals surface area (Å²) in [5, 5.41) is 0. The largest absolute Gasteiger partial charge is 0.488 e. The first-order valence-electron chi connectivity index (χ1n) is 10.5. The minimum Gasteiger partial charge on any atom is -0.488 e. The van der Waals surface area contributed by atoms with Crippen molar-refractivity contribution in [2.45, 2.75) is 64.9 Å². The van der Waals surface area contributed by atoms with Gasteiger partial charge in [-0.1, -0.05) is 57.2 Å². The molecule has 0 spiro atoms. The molecule has 28 heavy (non-hydrogen) atoms. The van der Waals surface area contributed by atoms with E-state index in [0.29, 0.717) is 5.56 Å². The maximum Gasteiger partial charge on any atom is 0.374 e. The maximum atomic E-state index is 11.7. The Hall–Kier alpha value is -2.23. The van der Waals surface area contributed by atoms with E-state index in [-0.39, 0.29) is 12.4 Å². The van der Waals surface area contributed by atoms with Crippen LogP contribution in [0.15, 0.2) is 41.0 Å². The van der Waals surface area contributed by atoms with Crippen molar-refractivity contribution in [1.29, 1.82) is 0 Å². The van der Waals surface area contributed by atoms with E-state index in [1.807, 2.05) is 12.1 Å². The fourth-order valence-corrected chi connectivity index (χ4v) is 4.24. The number of rotatable bonds is 9. The molecule has 1 aromatic heterocycles. The van der Waals surface area contributed by atoms with E-state index in [2.05, 4.69) is 19.1 Å². The second-order valence-corrected chi connectivity index (χ2v) is 8.05. The molecule has 2 aromatic rings. The molecular formula is C24H32O4. The summed E-state index contributed by atoms with van der Waals surface area (Å²) in [7, 11) is 1.35. The van der Waals surface area contributed by atoms with E-state index in [9.17, 15) is 4.79 Å². The van der Waals surface area contributed by atoms with E-state index in [1.54, 1.807) is 6.07 Å². The summed E-state index contributed by atoms with van der Waals surface area (Å²) in [4.78, 5) is 11.7. The summed E-state index contributed by atoms with van der Waals surface area (Å²) in [6, 6.07) is 9.94. The molecule has 0 radical (unpaired) electrons. The molecule has 1 unspecified atom stereocenters. The molecule has 1 aromatic carbocycles. The molecular weight excluding hydrogens is 352 g/mol. The SMILES string of the molecule is COC(=O)c1occc1COc1ccccc1CCC(C)CC1CCCCC1. The van der Waals surface area contributed by atoms with Crippen molar-refractivity contribution < 1.29 is 18.7 Å². The molecule has 1 aliphatic carbocycles. The minimum absolute atomic E-state index is 0.209. The van der Waals surface area contributed by atoms with Gasteiger partial charge in [0.25, 0.3) is 0 Å². The van der Waals surface area contributed by atoms with Crippen molar-refractivity contribution in [2.24, 2.45) is 11.8 Å². The van der Waals surface area contributed by atoms with Crippen LogP contribution in [-0.4, -0.2) is 13.1 Å². The van der Waals surface area contributed by atoms with Crippen LogP contribution in [0.1, 0.15) is 73.6 Å². The first kappa shape index (κ1) is 20.5. The lowest BCUT2D eigenvalue weighted by atomic mass is 9.82. The average Bonchev–Trinajstić information content (AvgIpc) is 3.20. The molecule has 1 heterocycles. The van der Waals surface area contributed by atoms with Gasteiger partial charge in [-0.25, -0.2) is 4.79 Å². The van der Waals surface area contributed by atoms with Crippen LogP contribution in [0.25, 0.3) is 0 Å². The van der Waals surface area contributed by atoms with Crippen LogP contribution in [-0.2, 0) is 17.8 Å². The third-order valence-electron chi connectivity index (χ3n) is 5.84. The molecule has 0 aliphatic heterocycles. The van der Waals surface area contributed by atoms with Crippen LogP contribution in [0.3, 0.4) is 0 Å². The van der Waals surface area contributed by atoms with Crippen molar-refractivity contribution in [3.05, 3.63) is 53.5 Å².